The van der Waals surface area contributed by atoms with Crippen LogP contribution in [0.25, 0.3) is 53.2 Å². The molecule has 2 aromatic heterocycles. The number of aryl methyl sites for hydroxylation is 4. The van der Waals surface area contributed by atoms with Gasteiger partial charge in [0.25, 0.3) is 0 Å². The Kier molecular flexibility index (Phi) is 3.66. The number of rotatable bonds is 1. The van der Waals surface area contributed by atoms with Gasteiger partial charge in [0.2, 0.25) is 0 Å². The van der Waals surface area contributed by atoms with Crippen LogP contribution in [0.4, 0.5) is 0 Å². The first-order valence-electron chi connectivity index (χ1n) is 10.4. The second-order valence-electron chi connectivity index (χ2n) is 8.38. The van der Waals surface area contributed by atoms with Crippen molar-refractivity contribution >= 4 is 53.4 Å². The molecular formula is C28H22OS. The van der Waals surface area contributed by atoms with Crippen molar-refractivity contribution in [1.29, 1.82) is 0 Å². The lowest BCUT2D eigenvalue weighted by molar-refractivity contribution is 0.666. The molecule has 30 heavy (non-hydrogen) atoms. The van der Waals surface area contributed by atoms with E-state index in [0.29, 0.717) is 0 Å². The predicted molar refractivity (Wildman–Crippen MR) is 131 cm³/mol. The molecule has 0 aliphatic heterocycles. The molecule has 0 amide bonds. The molecule has 146 valence electrons. The van der Waals surface area contributed by atoms with E-state index in [0.717, 1.165) is 11.2 Å². The molecule has 2 heterocycles. The second-order valence-corrected chi connectivity index (χ2v) is 9.44. The normalized spacial score (nSPS) is 12.0. The van der Waals surface area contributed by atoms with Crippen LogP contribution in [-0.4, -0.2) is 0 Å². The number of thiophene rings is 1. The smallest absolute Gasteiger partial charge is 0.138 e. The summed E-state index contributed by atoms with van der Waals surface area (Å²) >= 11 is 1.90. The van der Waals surface area contributed by atoms with E-state index in [-0.39, 0.29) is 0 Å². The fourth-order valence-electron chi connectivity index (χ4n) is 4.86. The monoisotopic (exact) mass is 406 g/mol. The van der Waals surface area contributed by atoms with Crippen LogP contribution in [0.3, 0.4) is 0 Å². The van der Waals surface area contributed by atoms with Crippen molar-refractivity contribution in [2.75, 3.05) is 0 Å². The Balaban J connectivity index is 1.64. The van der Waals surface area contributed by atoms with E-state index < -0.39 is 0 Å². The first-order valence-corrected chi connectivity index (χ1v) is 11.2. The lowest BCUT2D eigenvalue weighted by Crippen LogP contribution is -1.87. The minimum atomic E-state index is 0.966. The molecular weight excluding hydrogens is 384 g/mol. The van der Waals surface area contributed by atoms with Gasteiger partial charge >= 0.3 is 0 Å². The zero-order valence-electron chi connectivity index (χ0n) is 17.6. The fourth-order valence-corrected chi connectivity index (χ4v) is 6.15. The molecule has 0 aliphatic rings. The topological polar surface area (TPSA) is 13.1 Å². The van der Waals surface area contributed by atoms with Gasteiger partial charge in [-0.3, -0.25) is 0 Å². The maximum absolute atomic E-state index is 6.33. The van der Waals surface area contributed by atoms with Crippen LogP contribution in [0.1, 0.15) is 22.3 Å². The van der Waals surface area contributed by atoms with Crippen LogP contribution in [0, 0.1) is 27.7 Å². The van der Waals surface area contributed by atoms with Gasteiger partial charge in [0.15, 0.2) is 0 Å². The molecule has 0 saturated carbocycles. The Morgan fingerprint density at radius 1 is 0.700 bits per heavy atom. The SMILES string of the molecule is Cc1ccc(C)c2c1oc1cc(-c3cc(C)c4c(sc5ccccc54)c3C)ccc12. The van der Waals surface area contributed by atoms with Crippen molar-refractivity contribution in [1.82, 2.24) is 0 Å². The molecule has 6 rings (SSSR count). The Morgan fingerprint density at radius 2 is 1.50 bits per heavy atom. The van der Waals surface area contributed by atoms with E-state index in [9.17, 15) is 0 Å². The number of fused-ring (bicyclic) bond motifs is 6. The van der Waals surface area contributed by atoms with Gasteiger partial charge in [-0.05, 0) is 79.3 Å². The summed E-state index contributed by atoms with van der Waals surface area (Å²) in [7, 11) is 0. The highest BCUT2D eigenvalue weighted by atomic mass is 32.1. The Hall–Kier alpha value is -3.10. The van der Waals surface area contributed by atoms with Gasteiger partial charge in [0, 0.05) is 30.9 Å². The zero-order valence-corrected chi connectivity index (χ0v) is 18.4. The lowest BCUT2D eigenvalue weighted by Gasteiger charge is -2.10. The quantitative estimate of drug-likeness (QED) is 0.266. The zero-order chi connectivity index (χ0) is 20.6. The Bertz CT molecular complexity index is 1630. The van der Waals surface area contributed by atoms with Gasteiger partial charge in [-0.1, -0.05) is 42.5 Å². The third-order valence-corrected chi connectivity index (χ3v) is 7.72. The number of furan rings is 1. The van der Waals surface area contributed by atoms with E-state index in [2.05, 4.69) is 88.4 Å². The standard InChI is InChI=1S/C28H22OS/c1-15-9-10-16(2)27-25(15)20-12-11-19(14-23(20)29-27)22-13-17(3)26-21-7-5-6-8-24(21)30-28(26)18(22)4/h5-14H,1-4H3. The van der Waals surface area contributed by atoms with Crippen molar-refractivity contribution in [3.05, 3.63) is 82.9 Å². The lowest BCUT2D eigenvalue weighted by atomic mass is 9.94. The van der Waals surface area contributed by atoms with Crippen molar-refractivity contribution in [3.8, 4) is 11.1 Å². The molecule has 1 nitrogen and oxygen atoms in total. The minimum absolute atomic E-state index is 0.966. The van der Waals surface area contributed by atoms with Crippen LogP contribution in [0.15, 0.2) is 65.1 Å². The first kappa shape index (κ1) is 17.7. The maximum Gasteiger partial charge on any atom is 0.138 e. The van der Waals surface area contributed by atoms with Crippen LogP contribution < -0.4 is 0 Å². The van der Waals surface area contributed by atoms with Crippen molar-refractivity contribution in [2.45, 2.75) is 27.7 Å². The molecule has 0 N–H and O–H groups in total. The van der Waals surface area contributed by atoms with Crippen LogP contribution in [0.2, 0.25) is 0 Å². The van der Waals surface area contributed by atoms with Gasteiger partial charge in [0.1, 0.15) is 11.2 Å². The fraction of sp³-hybridized carbons (Fsp3) is 0.143. The first-order chi connectivity index (χ1) is 14.5. The summed E-state index contributed by atoms with van der Waals surface area (Å²) in [5.41, 5.74) is 9.62. The summed E-state index contributed by atoms with van der Waals surface area (Å²) in [6.45, 7) is 8.77. The molecule has 0 aliphatic carbocycles. The molecule has 2 heteroatoms. The summed E-state index contributed by atoms with van der Waals surface area (Å²) in [5, 5.41) is 5.20. The van der Waals surface area contributed by atoms with Gasteiger partial charge in [-0.2, -0.15) is 0 Å². The average molecular weight is 407 g/mol. The molecule has 0 saturated heterocycles. The molecule has 6 aromatic rings. The highest BCUT2D eigenvalue weighted by Crippen LogP contribution is 2.42. The van der Waals surface area contributed by atoms with Crippen molar-refractivity contribution in [3.63, 3.8) is 0 Å². The van der Waals surface area contributed by atoms with E-state index in [1.165, 1.54) is 64.3 Å². The summed E-state index contributed by atoms with van der Waals surface area (Å²) < 4.78 is 9.08. The van der Waals surface area contributed by atoms with Gasteiger partial charge < -0.3 is 4.42 Å². The maximum atomic E-state index is 6.33. The van der Waals surface area contributed by atoms with Crippen molar-refractivity contribution < 1.29 is 4.42 Å². The van der Waals surface area contributed by atoms with Crippen LogP contribution in [0.5, 0.6) is 0 Å². The molecule has 0 bridgehead atoms. The van der Waals surface area contributed by atoms with E-state index in [1.54, 1.807) is 0 Å². The third kappa shape index (κ3) is 2.34. The summed E-state index contributed by atoms with van der Waals surface area (Å²) in [6.07, 6.45) is 0. The van der Waals surface area contributed by atoms with E-state index in [1.807, 2.05) is 11.3 Å². The summed E-state index contributed by atoms with van der Waals surface area (Å²) in [4.78, 5) is 0. The highest BCUT2D eigenvalue weighted by molar-refractivity contribution is 7.26. The van der Waals surface area contributed by atoms with Gasteiger partial charge in [-0.25, -0.2) is 0 Å². The second kappa shape index (κ2) is 6.20. The summed E-state index contributed by atoms with van der Waals surface area (Å²) in [5.74, 6) is 0. The molecule has 0 fully saturated rings. The minimum Gasteiger partial charge on any atom is -0.456 e. The van der Waals surface area contributed by atoms with Crippen LogP contribution >= 0.6 is 11.3 Å². The number of hydrogen-bond acceptors (Lipinski definition) is 2. The molecule has 4 aromatic carbocycles. The molecule has 0 unspecified atom stereocenters. The van der Waals surface area contributed by atoms with Crippen molar-refractivity contribution in [2.24, 2.45) is 0 Å². The average Bonchev–Trinajstić information content (AvgIpc) is 3.33. The highest BCUT2D eigenvalue weighted by Gasteiger charge is 2.16. The van der Waals surface area contributed by atoms with E-state index >= 15 is 0 Å². The third-order valence-electron chi connectivity index (χ3n) is 6.43. The predicted octanol–water partition coefficient (Wildman–Crippen LogP) is 8.85. The largest absolute Gasteiger partial charge is 0.456 e. The van der Waals surface area contributed by atoms with Crippen LogP contribution in [-0.2, 0) is 0 Å². The number of hydrogen-bond donors (Lipinski definition) is 0. The van der Waals surface area contributed by atoms with Gasteiger partial charge in [-0.15, -0.1) is 11.3 Å². The molecule has 0 spiro atoms. The summed E-state index contributed by atoms with van der Waals surface area (Å²) in [6, 6.07) is 22.1. The Morgan fingerprint density at radius 3 is 2.37 bits per heavy atom. The molecule has 0 atom stereocenters. The van der Waals surface area contributed by atoms with E-state index in [4.69, 9.17) is 4.42 Å². The number of benzene rings is 4. The Labute approximate surface area is 179 Å². The van der Waals surface area contributed by atoms with Gasteiger partial charge in [0.05, 0.1) is 0 Å². The molecule has 0 radical (unpaired) electrons.